The van der Waals surface area contributed by atoms with E-state index in [1.165, 1.54) is 17.4 Å². The van der Waals surface area contributed by atoms with Gasteiger partial charge in [0.2, 0.25) is 0 Å². The zero-order valence-corrected chi connectivity index (χ0v) is 28.0. The molecule has 0 bridgehead atoms. The molecule has 0 radical (unpaired) electrons. The minimum atomic E-state index is -4.55. The summed E-state index contributed by atoms with van der Waals surface area (Å²) < 4.78 is 56.9. The van der Waals surface area contributed by atoms with Gasteiger partial charge in [-0.25, -0.2) is 32.2 Å². The summed E-state index contributed by atoms with van der Waals surface area (Å²) in [6.07, 6.45) is 4.85. The summed E-state index contributed by atoms with van der Waals surface area (Å²) in [6, 6.07) is 13.4. The van der Waals surface area contributed by atoms with Gasteiger partial charge in [0.1, 0.15) is 17.5 Å². The number of halogens is 2. The van der Waals surface area contributed by atoms with E-state index in [-0.39, 0.29) is 18.2 Å². The van der Waals surface area contributed by atoms with Crippen LogP contribution in [-0.4, -0.2) is 80.2 Å². The number of aromatic nitrogens is 2. The maximum absolute atomic E-state index is 14.3. The Balaban J connectivity index is 1.18. The van der Waals surface area contributed by atoms with Gasteiger partial charge in [-0.15, -0.1) is 11.3 Å². The molecule has 2 aromatic carbocycles. The van der Waals surface area contributed by atoms with Crippen LogP contribution in [0, 0.1) is 11.6 Å². The number of aliphatic hydroxyl groups excluding tert-OH is 1. The van der Waals surface area contributed by atoms with Crippen molar-refractivity contribution in [1.82, 2.24) is 20.2 Å². The van der Waals surface area contributed by atoms with Crippen LogP contribution in [-0.2, 0) is 10.0 Å². The summed E-state index contributed by atoms with van der Waals surface area (Å²) in [5, 5.41) is 16.9. The summed E-state index contributed by atoms with van der Waals surface area (Å²) in [5.74, 6) is -1.34. The number of piperazine rings is 1. The maximum atomic E-state index is 14.3. The number of anilines is 3. The number of rotatable bonds is 11. The molecule has 0 aliphatic carbocycles. The van der Waals surface area contributed by atoms with Crippen LogP contribution in [0.2, 0.25) is 0 Å². The van der Waals surface area contributed by atoms with Crippen molar-refractivity contribution < 1.29 is 22.3 Å². The Morgan fingerprint density at radius 2 is 1.79 bits per heavy atom. The molecule has 1 unspecified atom stereocenters. The van der Waals surface area contributed by atoms with Crippen molar-refractivity contribution in [2.24, 2.45) is 4.99 Å². The molecule has 6 rings (SSSR count). The highest BCUT2D eigenvalue weighted by Gasteiger charge is 2.26. The number of nitrogens with one attached hydrogen (secondary N) is 3. The lowest BCUT2D eigenvalue weighted by Crippen LogP contribution is -2.47. The summed E-state index contributed by atoms with van der Waals surface area (Å²) >= 11 is 1.51. The molecule has 4 N–H and O–H groups in total. The number of allylic oxidation sites excluding steroid dienone is 1. The predicted molar refractivity (Wildman–Crippen MR) is 186 cm³/mol. The van der Waals surface area contributed by atoms with E-state index in [0.29, 0.717) is 17.8 Å². The molecule has 2 aliphatic heterocycles. The van der Waals surface area contributed by atoms with Crippen molar-refractivity contribution in [3.8, 4) is 11.3 Å². The summed E-state index contributed by atoms with van der Waals surface area (Å²) in [5.41, 5.74) is 2.93. The molecule has 4 aromatic rings. The molecule has 15 heteroatoms. The lowest BCUT2D eigenvalue weighted by atomic mass is 10.1. The van der Waals surface area contributed by atoms with Crippen molar-refractivity contribution in [3.63, 3.8) is 0 Å². The lowest BCUT2D eigenvalue weighted by Gasteiger charge is -2.35. The topological polar surface area (TPSA) is 135 Å². The van der Waals surface area contributed by atoms with Crippen molar-refractivity contribution in [2.75, 3.05) is 54.3 Å². The smallest absolute Gasteiger partial charge is 0.267 e. The van der Waals surface area contributed by atoms with Gasteiger partial charge in [-0.2, -0.15) is 0 Å². The average Bonchev–Trinajstić information content (AvgIpc) is 3.52. The van der Waals surface area contributed by atoms with Gasteiger partial charge in [0, 0.05) is 56.1 Å². The van der Waals surface area contributed by atoms with Gasteiger partial charge in [-0.3, -0.25) is 9.62 Å². The molecule has 48 heavy (non-hydrogen) atoms. The fraction of sp³-hybridized carbons (Fsp3) is 0.303. The number of thiazole rings is 1. The van der Waals surface area contributed by atoms with E-state index in [9.17, 15) is 22.3 Å². The Kier molecular flexibility index (Phi) is 10.0. The van der Waals surface area contributed by atoms with E-state index in [0.717, 1.165) is 71.5 Å². The Morgan fingerprint density at radius 3 is 2.48 bits per heavy atom. The molecule has 4 heterocycles. The molecule has 1 atom stereocenters. The largest absolute Gasteiger partial charge is 0.395 e. The van der Waals surface area contributed by atoms with Crippen LogP contribution in [0.3, 0.4) is 0 Å². The van der Waals surface area contributed by atoms with Crippen molar-refractivity contribution in [3.05, 3.63) is 88.4 Å². The molecule has 0 saturated carbocycles. The van der Waals surface area contributed by atoms with E-state index < -0.39 is 32.8 Å². The second-order valence-corrected chi connectivity index (χ2v) is 14.3. The van der Waals surface area contributed by atoms with E-state index in [1.807, 2.05) is 32.1 Å². The van der Waals surface area contributed by atoms with Crippen LogP contribution in [0.15, 0.2) is 76.8 Å². The fourth-order valence-corrected chi connectivity index (χ4v) is 7.71. The first kappa shape index (κ1) is 33.5. The number of pyridine rings is 1. The zero-order chi connectivity index (χ0) is 33.8. The highest BCUT2D eigenvalue weighted by Crippen LogP contribution is 2.37. The minimum absolute atomic E-state index is 0.127. The number of benzene rings is 2. The van der Waals surface area contributed by atoms with Crippen LogP contribution in [0.1, 0.15) is 29.7 Å². The third-order valence-electron chi connectivity index (χ3n) is 7.89. The molecule has 2 aromatic heterocycles. The quantitative estimate of drug-likeness (QED) is 0.172. The normalized spacial score (nSPS) is 16.9. The second-order valence-electron chi connectivity index (χ2n) is 11.6. The average molecular weight is 695 g/mol. The Bertz CT molecular complexity index is 1900. The van der Waals surface area contributed by atoms with Crippen LogP contribution in [0.4, 0.5) is 26.0 Å². The van der Waals surface area contributed by atoms with Gasteiger partial charge in [-0.05, 0) is 42.5 Å². The SMILES string of the molecule is CC(C)c1nc(-c2cccc(NS(=O)(=O)c3c(F)cccc3F)c2)c(C2=CC=NC(Nc3ccc(N4CCN(CCO)CC4)nc3)N2)s1. The molecule has 252 valence electrons. The van der Waals surface area contributed by atoms with Gasteiger partial charge < -0.3 is 20.6 Å². The van der Waals surface area contributed by atoms with Crippen molar-refractivity contribution >= 4 is 50.5 Å². The lowest BCUT2D eigenvalue weighted by molar-refractivity contribution is 0.188. The van der Waals surface area contributed by atoms with E-state index in [1.54, 1.807) is 30.6 Å². The number of hydrogen-bond donors (Lipinski definition) is 4. The summed E-state index contributed by atoms with van der Waals surface area (Å²) in [6.45, 7) is 8.38. The first-order valence-corrected chi connectivity index (χ1v) is 17.8. The summed E-state index contributed by atoms with van der Waals surface area (Å²) in [7, 11) is -4.55. The number of aliphatic hydroxyl groups is 1. The zero-order valence-electron chi connectivity index (χ0n) is 26.4. The first-order valence-electron chi connectivity index (χ1n) is 15.5. The molecular weight excluding hydrogens is 659 g/mol. The molecule has 1 saturated heterocycles. The number of β-amino-alcohol motifs (C(OH)–C–C–N with tert-alkyl or cyclic N) is 1. The van der Waals surface area contributed by atoms with E-state index in [2.05, 4.69) is 35.1 Å². The Morgan fingerprint density at radius 1 is 1.04 bits per heavy atom. The summed E-state index contributed by atoms with van der Waals surface area (Å²) in [4.78, 5) is 18.3. The fourth-order valence-electron chi connectivity index (χ4n) is 5.45. The maximum Gasteiger partial charge on any atom is 0.267 e. The number of sulfonamides is 1. The molecule has 0 spiro atoms. The van der Waals surface area contributed by atoms with Gasteiger partial charge in [0.15, 0.2) is 11.2 Å². The van der Waals surface area contributed by atoms with Crippen LogP contribution >= 0.6 is 11.3 Å². The third-order valence-corrected chi connectivity index (χ3v) is 10.7. The predicted octanol–water partition coefficient (Wildman–Crippen LogP) is 4.93. The van der Waals surface area contributed by atoms with Crippen LogP contribution < -0.4 is 20.3 Å². The first-order chi connectivity index (χ1) is 23.1. The third kappa shape index (κ3) is 7.49. The van der Waals surface area contributed by atoms with Crippen LogP contribution in [0.5, 0.6) is 0 Å². The highest BCUT2D eigenvalue weighted by molar-refractivity contribution is 7.92. The van der Waals surface area contributed by atoms with Gasteiger partial charge in [0.25, 0.3) is 10.0 Å². The van der Waals surface area contributed by atoms with E-state index in [4.69, 9.17) is 4.98 Å². The second kappa shape index (κ2) is 14.4. The number of hydrogen-bond acceptors (Lipinski definition) is 11. The monoisotopic (exact) mass is 694 g/mol. The van der Waals surface area contributed by atoms with Crippen molar-refractivity contribution in [2.45, 2.75) is 31.0 Å². The Hall–Kier alpha value is -4.44. The van der Waals surface area contributed by atoms with Gasteiger partial charge in [-0.1, -0.05) is 32.0 Å². The van der Waals surface area contributed by atoms with Gasteiger partial charge >= 0.3 is 0 Å². The molecular formula is C33H36F2N8O3S2. The standard InChI is InChI=1S/C33H36F2N8O3S2/c1-21(2)32-40-29(22-5-3-6-23(19-22)41-48(45,46)31-25(34)7-4-8-26(31)35)30(47-32)27-11-12-36-33(39-27)38-24-9-10-28(37-20-24)43-15-13-42(14-16-43)17-18-44/h3-12,19-21,33,38-39,41,44H,13-18H2,1-2H3. The molecule has 1 fully saturated rings. The minimum Gasteiger partial charge on any atom is -0.395 e. The van der Waals surface area contributed by atoms with Crippen molar-refractivity contribution in [1.29, 1.82) is 0 Å². The number of nitrogens with zero attached hydrogens (tertiary/aromatic N) is 5. The molecule has 2 aliphatic rings. The molecule has 11 nitrogen and oxygen atoms in total. The molecule has 0 amide bonds. The highest BCUT2D eigenvalue weighted by atomic mass is 32.2. The van der Waals surface area contributed by atoms with Gasteiger partial charge in [0.05, 0.1) is 39.8 Å². The van der Waals surface area contributed by atoms with Crippen LogP contribution in [0.25, 0.3) is 17.0 Å². The Labute approximate surface area is 282 Å². The number of aliphatic imine (C=N–C) groups is 1. The van der Waals surface area contributed by atoms with E-state index >= 15 is 0 Å².